The van der Waals surface area contributed by atoms with Gasteiger partial charge in [0.05, 0.1) is 11.1 Å². The Balaban J connectivity index is 1.46. The van der Waals surface area contributed by atoms with Crippen LogP contribution in [0.1, 0.15) is 34.6 Å². The number of hydrogen-bond acceptors (Lipinski definition) is 7. The van der Waals surface area contributed by atoms with Crippen molar-refractivity contribution in [1.29, 1.82) is 0 Å². The Bertz CT molecular complexity index is 918. The van der Waals surface area contributed by atoms with Crippen LogP contribution in [0.25, 0.3) is 0 Å². The normalized spacial score (nSPS) is 29.1. The fourth-order valence-corrected chi connectivity index (χ4v) is 4.35. The molecule has 0 N–H and O–H groups in total. The van der Waals surface area contributed by atoms with Gasteiger partial charge in [0.25, 0.3) is 0 Å². The Labute approximate surface area is 188 Å². The van der Waals surface area contributed by atoms with E-state index in [0.29, 0.717) is 11.1 Å². The van der Waals surface area contributed by atoms with Crippen LogP contribution in [0.15, 0.2) is 60.7 Å². The van der Waals surface area contributed by atoms with Gasteiger partial charge >= 0.3 is 11.9 Å². The second kappa shape index (κ2) is 9.08. The summed E-state index contributed by atoms with van der Waals surface area (Å²) in [6, 6.07) is 17.4. The molecule has 2 aliphatic rings. The molecular formula is C23H23BrO7. The van der Waals surface area contributed by atoms with E-state index in [1.807, 2.05) is 12.1 Å². The van der Waals surface area contributed by atoms with Crippen LogP contribution in [-0.4, -0.2) is 53.8 Å². The van der Waals surface area contributed by atoms with E-state index in [2.05, 4.69) is 15.9 Å². The van der Waals surface area contributed by atoms with Gasteiger partial charge in [-0.2, -0.15) is 0 Å². The number of esters is 2. The molecule has 7 nitrogen and oxygen atoms in total. The van der Waals surface area contributed by atoms with E-state index < -0.39 is 47.2 Å². The first kappa shape index (κ1) is 22.0. The van der Waals surface area contributed by atoms with Gasteiger partial charge in [0, 0.05) is 0 Å². The maximum Gasteiger partial charge on any atom is 0.338 e. The highest BCUT2D eigenvalue weighted by Crippen LogP contribution is 2.40. The Morgan fingerprint density at radius 1 is 0.903 bits per heavy atom. The number of carbonyl (C=O) groups is 2. The van der Waals surface area contributed by atoms with Crippen molar-refractivity contribution in [3.05, 3.63) is 71.8 Å². The quantitative estimate of drug-likeness (QED) is 0.466. The summed E-state index contributed by atoms with van der Waals surface area (Å²) in [5.74, 6) is -1.85. The van der Waals surface area contributed by atoms with Crippen molar-refractivity contribution in [3.63, 3.8) is 0 Å². The summed E-state index contributed by atoms with van der Waals surface area (Å²) in [7, 11) is 0. The lowest BCUT2D eigenvalue weighted by atomic mass is 10.00. The summed E-state index contributed by atoms with van der Waals surface area (Å²) in [5.41, 5.74) is 0.875. The average molecular weight is 491 g/mol. The number of benzene rings is 2. The van der Waals surface area contributed by atoms with E-state index >= 15 is 0 Å². The lowest BCUT2D eigenvalue weighted by molar-refractivity contribution is -0.168. The molecule has 2 heterocycles. The molecule has 0 unspecified atom stereocenters. The predicted octanol–water partition coefficient (Wildman–Crippen LogP) is 3.71. The van der Waals surface area contributed by atoms with Crippen LogP contribution in [0.5, 0.6) is 0 Å². The Morgan fingerprint density at radius 2 is 1.45 bits per heavy atom. The monoisotopic (exact) mass is 490 g/mol. The largest absolute Gasteiger partial charge is 0.459 e. The molecule has 0 bridgehead atoms. The molecule has 0 amide bonds. The van der Waals surface area contributed by atoms with Crippen LogP contribution in [0.2, 0.25) is 0 Å². The van der Waals surface area contributed by atoms with Crippen molar-refractivity contribution in [2.24, 2.45) is 0 Å². The molecule has 0 aliphatic carbocycles. The van der Waals surface area contributed by atoms with Crippen LogP contribution in [0, 0.1) is 0 Å². The van der Waals surface area contributed by atoms with Crippen LogP contribution < -0.4 is 0 Å². The summed E-state index contributed by atoms with van der Waals surface area (Å²) in [4.78, 5) is 24.9. The molecule has 2 aromatic carbocycles. The second-order valence-corrected chi connectivity index (χ2v) is 8.69. The predicted molar refractivity (Wildman–Crippen MR) is 114 cm³/mol. The molecule has 2 aromatic rings. The number of fused-ring (bicyclic) bond motifs is 1. The van der Waals surface area contributed by atoms with Crippen molar-refractivity contribution in [2.45, 2.75) is 49.1 Å². The first-order chi connectivity index (χ1) is 14.8. The molecular weight excluding hydrogens is 468 g/mol. The van der Waals surface area contributed by atoms with Crippen LogP contribution >= 0.6 is 15.9 Å². The molecule has 0 radical (unpaired) electrons. The first-order valence-electron chi connectivity index (χ1n) is 9.97. The molecule has 0 spiro atoms. The van der Waals surface area contributed by atoms with Crippen LogP contribution in [0.3, 0.4) is 0 Å². The topological polar surface area (TPSA) is 80.3 Å². The molecule has 2 saturated heterocycles. The average Bonchev–Trinajstić information content (AvgIpc) is 3.10. The molecule has 0 saturated carbocycles. The lowest BCUT2D eigenvalue weighted by Gasteiger charge is -2.39. The number of halogens is 1. The van der Waals surface area contributed by atoms with Crippen molar-refractivity contribution in [3.8, 4) is 0 Å². The van der Waals surface area contributed by atoms with Gasteiger partial charge in [0.2, 0.25) is 0 Å². The molecule has 4 rings (SSSR count). The summed E-state index contributed by atoms with van der Waals surface area (Å²) in [5, 5.41) is -0.667. The van der Waals surface area contributed by atoms with Gasteiger partial charge < -0.3 is 23.7 Å². The number of alkyl halides is 1. The molecule has 5 atom stereocenters. The fraction of sp³-hybridized carbons (Fsp3) is 0.391. The van der Waals surface area contributed by atoms with Crippen molar-refractivity contribution >= 4 is 27.9 Å². The van der Waals surface area contributed by atoms with Crippen molar-refractivity contribution < 1.29 is 33.3 Å². The van der Waals surface area contributed by atoms with Gasteiger partial charge in [-0.15, -0.1) is 0 Å². The Hall–Kier alpha value is -2.26. The zero-order valence-corrected chi connectivity index (χ0v) is 18.7. The fourth-order valence-electron chi connectivity index (χ4n) is 3.67. The highest BCUT2D eigenvalue weighted by Gasteiger charge is 2.56. The van der Waals surface area contributed by atoms with Gasteiger partial charge in [0.15, 0.2) is 16.9 Å². The van der Waals surface area contributed by atoms with Crippen LogP contribution in [0.4, 0.5) is 0 Å². The third kappa shape index (κ3) is 4.98. The molecule has 164 valence electrons. The molecule has 31 heavy (non-hydrogen) atoms. The SMILES string of the molecule is CC1(C)O[C@@H]2[C@@H](OC(=O)c3ccccc3)[C@@H](Br)O[C@H](COC(=O)c3ccccc3)[C@@H]2O1. The third-order valence-corrected chi connectivity index (χ3v) is 5.79. The number of carbonyl (C=O) groups excluding carboxylic acids is 2. The van der Waals surface area contributed by atoms with Gasteiger partial charge in [-0.05, 0) is 38.1 Å². The van der Waals surface area contributed by atoms with E-state index in [9.17, 15) is 9.59 Å². The number of rotatable bonds is 5. The second-order valence-electron chi connectivity index (χ2n) is 7.79. The number of ether oxygens (including phenoxy) is 5. The Morgan fingerprint density at radius 3 is 2.06 bits per heavy atom. The maximum atomic E-state index is 12.6. The smallest absolute Gasteiger partial charge is 0.338 e. The standard InChI is InChI=1S/C23H23BrO7/c1-23(2)30-17-16(13-27-21(25)14-9-5-3-6-10-14)28-20(24)19(18(17)31-23)29-22(26)15-11-7-4-8-12-15/h3-12,16-20H,13H2,1-2H3/t16-,17+,18+,19-,20+/m1/s1. The summed E-state index contributed by atoms with van der Waals surface area (Å²) < 4.78 is 29.2. The zero-order valence-electron chi connectivity index (χ0n) is 17.1. The molecule has 8 heteroatoms. The van der Waals surface area contributed by atoms with E-state index in [0.717, 1.165) is 0 Å². The van der Waals surface area contributed by atoms with E-state index in [1.54, 1.807) is 62.4 Å². The van der Waals surface area contributed by atoms with Gasteiger partial charge in [-0.3, -0.25) is 0 Å². The van der Waals surface area contributed by atoms with Gasteiger partial charge in [-0.1, -0.05) is 52.3 Å². The Kier molecular flexibility index (Phi) is 6.43. The zero-order chi connectivity index (χ0) is 22.0. The lowest BCUT2D eigenvalue weighted by Crippen LogP contribution is -2.57. The number of hydrogen-bond donors (Lipinski definition) is 0. The molecule has 0 aromatic heterocycles. The minimum atomic E-state index is -0.908. The van der Waals surface area contributed by atoms with E-state index in [4.69, 9.17) is 23.7 Å². The van der Waals surface area contributed by atoms with Gasteiger partial charge in [0.1, 0.15) is 24.9 Å². The van der Waals surface area contributed by atoms with E-state index in [1.165, 1.54) is 0 Å². The van der Waals surface area contributed by atoms with Gasteiger partial charge in [-0.25, -0.2) is 9.59 Å². The third-order valence-electron chi connectivity index (χ3n) is 5.06. The van der Waals surface area contributed by atoms with E-state index in [-0.39, 0.29) is 6.61 Å². The van der Waals surface area contributed by atoms with Crippen molar-refractivity contribution in [1.82, 2.24) is 0 Å². The first-order valence-corrected chi connectivity index (χ1v) is 10.9. The summed E-state index contributed by atoms with van der Waals surface area (Å²) in [6.45, 7) is 3.52. The highest BCUT2D eigenvalue weighted by atomic mass is 79.9. The van der Waals surface area contributed by atoms with Crippen LogP contribution in [-0.2, 0) is 23.7 Å². The highest BCUT2D eigenvalue weighted by molar-refractivity contribution is 9.09. The van der Waals surface area contributed by atoms with Crippen molar-refractivity contribution in [2.75, 3.05) is 6.61 Å². The minimum Gasteiger partial charge on any atom is -0.459 e. The summed E-state index contributed by atoms with van der Waals surface area (Å²) in [6.07, 6.45) is -2.53. The summed E-state index contributed by atoms with van der Waals surface area (Å²) >= 11 is 3.45. The minimum absolute atomic E-state index is 0.0320. The molecule has 2 aliphatic heterocycles. The molecule has 2 fully saturated rings. The maximum absolute atomic E-state index is 12.6.